The van der Waals surface area contributed by atoms with Gasteiger partial charge in [0.25, 0.3) is 0 Å². The summed E-state index contributed by atoms with van der Waals surface area (Å²) < 4.78 is 22.3. The van der Waals surface area contributed by atoms with E-state index in [1.54, 1.807) is 49.7 Å². The number of aromatic nitrogens is 1. The van der Waals surface area contributed by atoms with Crippen molar-refractivity contribution < 1.29 is 28.8 Å². The van der Waals surface area contributed by atoms with Crippen LogP contribution in [0.4, 0.5) is 5.69 Å². The number of hydrogen-bond acceptors (Lipinski definition) is 7. The summed E-state index contributed by atoms with van der Waals surface area (Å²) in [6, 6.07) is 13.5. The predicted octanol–water partition coefficient (Wildman–Crippen LogP) is 5.18. The molecule has 2 heterocycles. The van der Waals surface area contributed by atoms with E-state index in [1.165, 1.54) is 7.11 Å². The van der Waals surface area contributed by atoms with Crippen LogP contribution in [-0.4, -0.2) is 49.9 Å². The molecule has 0 fully saturated rings. The second kappa shape index (κ2) is 10.6. The lowest BCUT2D eigenvalue weighted by atomic mass is 9.95. The Bertz CT molecular complexity index is 1450. The van der Waals surface area contributed by atoms with Gasteiger partial charge in [-0.05, 0) is 23.8 Å². The molecule has 0 saturated heterocycles. The van der Waals surface area contributed by atoms with Crippen LogP contribution in [0.25, 0.3) is 10.9 Å². The number of halogens is 1. The number of fused-ring (bicyclic) bond motifs is 2. The summed E-state index contributed by atoms with van der Waals surface area (Å²) in [6.07, 6.45) is 2.53. The number of H-pyrrole nitrogens is 1. The highest BCUT2D eigenvalue weighted by molar-refractivity contribution is 6.30. The molecule has 0 bridgehead atoms. The molecule has 1 unspecified atom stereocenters. The van der Waals surface area contributed by atoms with Gasteiger partial charge in [-0.2, -0.15) is 0 Å². The van der Waals surface area contributed by atoms with E-state index in [0.717, 1.165) is 28.6 Å². The van der Waals surface area contributed by atoms with Gasteiger partial charge in [-0.3, -0.25) is 4.79 Å². The summed E-state index contributed by atoms with van der Waals surface area (Å²) in [6.45, 7) is 0.635. The zero-order valence-electron chi connectivity index (χ0n) is 20.5. The number of rotatable bonds is 10. The van der Waals surface area contributed by atoms with Crippen molar-refractivity contribution >= 4 is 34.0 Å². The van der Waals surface area contributed by atoms with Gasteiger partial charge in [0.05, 0.1) is 27.4 Å². The Hall–Kier alpha value is -3.88. The molecular formula is C28H27ClN2O6. The van der Waals surface area contributed by atoms with Gasteiger partial charge in [0, 0.05) is 69.6 Å². The molecule has 0 radical (unpaired) electrons. The number of methoxy groups -OCH3 is 2. The highest BCUT2D eigenvalue weighted by atomic mass is 35.5. The zero-order chi connectivity index (χ0) is 25.9. The third-order valence-corrected chi connectivity index (χ3v) is 6.55. The first-order valence-electron chi connectivity index (χ1n) is 11.8. The van der Waals surface area contributed by atoms with E-state index >= 15 is 0 Å². The minimum Gasteiger partial charge on any atom is -0.497 e. The topological polar surface area (TPSA) is 102 Å². The molecule has 0 aliphatic carbocycles. The number of ketones is 1. The zero-order valence-corrected chi connectivity index (χ0v) is 21.2. The number of nitrogens with one attached hydrogen (secondary N) is 2. The van der Waals surface area contributed by atoms with Gasteiger partial charge >= 0.3 is 0 Å². The second-order valence-electron chi connectivity index (χ2n) is 8.60. The molecule has 1 aliphatic heterocycles. The van der Waals surface area contributed by atoms with Gasteiger partial charge < -0.3 is 34.4 Å². The number of aliphatic hydroxyl groups is 1. The maximum absolute atomic E-state index is 14.2. The Kier molecular flexibility index (Phi) is 7.12. The summed E-state index contributed by atoms with van der Waals surface area (Å²) in [4.78, 5) is 17.4. The number of aromatic amines is 1. The van der Waals surface area contributed by atoms with Crippen LogP contribution in [0, 0.1) is 0 Å². The van der Waals surface area contributed by atoms with Crippen LogP contribution in [0.15, 0.2) is 54.7 Å². The van der Waals surface area contributed by atoms with Crippen LogP contribution in [0.2, 0.25) is 5.02 Å². The molecular weight excluding hydrogens is 496 g/mol. The number of aliphatic hydroxyl groups excluding tert-OH is 1. The molecule has 1 aliphatic rings. The van der Waals surface area contributed by atoms with Crippen LogP contribution < -0.4 is 24.3 Å². The van der Waals surface area contributed by atoms with Crippen molar-refractivity contribution in [1.82, 2.24) is 4.98 Å². The Morgan fingerprint density at radius 2 is 1.97 bits per heavy atom. The van der Waals surface area contributed by atoms with E-state index in [2.05, 4.69) is 10.3 Å². The average molecular weight is 523 g/mol. The molecule has 4 aromatic rings. The van der Waals surface area contributed by atoms with Crippen molar-refractivity contribution in [3.8, 4) is 23.0 Å². The molecule has 0 saturated carbocycles. The highest BCUT2D eigenvalue weighted by Gasteiger charge is 2.28. The number of ether oxygens (including phenoxy) is 4. The summed E-state index contributed by atoms with van der Waals surface area (Å²) in [7, 11) is 3.09. The molecule has 1 atom stereocenters. The third kappa shape index (κ3) is 5.03. The fourth-order valence-corrected chi connectivity index (χ4v) is 4.71. The van der Waals surface area contributed by atoms with Crippen LogP contribution >= 0.6 is 11.6 Å². The molecule has 37 heavy (non-hydrogen) atoms. The molecule has 1 aromatic heterocycles. The predicted molar refractivity (Wildman–Crippen MR) is 142 cm³/mol. The third-order valence-electron chi connectivity index (χ3n) is 6.31. The van der Waals surface area contributed by atoms with Crippen molar-refractivity contribution in [3.05, 3.63) is 76.4 Å². The van der Waals surface area contributed by atoms with Crippen molar-refractivity contribution in [1.29, 1.82) is 0 Å². The molecule has 0 amide bonds. The van der Waals surface area contributed by atoms with E-state index in [9.17, 15) is 4.79 Å². The summed E-state index contributed by atoms with van der Waals surface area (Å²) in [5, 5.41) is 13.8. The SMILES string of the molecule is COc1cc(NC(C(=O)c2c[nH]c3cc4c(cc23)CCO4)c2ccc(Cl)cc2OC)cc(OCCO)c1. The van der Waals surface area contributed by atoms with Crippen LogP contribution in [0.1, 0.15) is 27.5 Å². The van der Waals surface area contributed by atoms with Crippen LogP contribution in [0.3, 0.4) is 0 Å². The first-order valence-corrected chi connectivity index (χ1v) is 12.2. The summed E-state index contributed by atoms with van der Waals surface area (Å²) in [5.74, 6) is 2.19. The van der Waals surface area contributed by atoms with E-state index in [-0.39, 0.29) is 19.0 Å². The normalized spacial score (nSPS) is 13.1. The smallest absolute Gasteiger partial charge is 0.191 e. The maximum Gasteiger partial charge on any atom is 0.191 e. The number of Topliss-reactive ketones (excluding diaryl/α,β-unsaturated/α-hetero) is 1. The van der Waals surface area contributed by atoms with Crippen molar-refractivity contribution in [2.45, 2.75) is 12.5 Å². The first-order chi connectivity index (χ1) is 18.0. The minimum atomic E-state index is -0.825. The largest absolute Gasteiger partial charge is 0.497 e. The second-order valence-corrected chi connectivity index (χ2v) is 9.04. The van der Waals surface area contributed by atoms with Gasteiger partial charge in [0.1, 0.15) is 35.6 Å². The van der Waals surface area contributed by atoms with Gasteiger partial charge in [-0.25, -0.2) is 0 Å². The Morgan fingerprint density at radius 3 is 2.76 bits per heavy atom. The average Bonchev–Trinajstić information content (AvgIpc) is 3.55. The lowest BCUT2D eigenvalue weighted by molar-refractivity contribution is 0.0970. The van der Waals surface area contributed by atoms with E-state index in [0.29, 0.717) is 45.7 Å². The number of anilines is 1. The number of benzene rings is 3. The molecule has 192 valence electrons. The molecule has 8 nitrogen and oxygen atoms in total. The molecule has 3 N–H and O–H groups in total. The summed E-state index contributed by atoms with van der Waals surface area (Å²) >= 11 is 6.23. The highest BCUT2D eigenvalue weighted by Crippen LogP contribution is 2.37. The number of carbonyl (C=O) groups is 1. The summed E-state index contributed by atoms with van der Waals surface area (Å²) in [5.41, 5.74) is 3.66. The van der Waals surface area contributed by atoms with Gasteiger partial charge in [0.2, 0.25) is 0 Å². The van der Waals surface area contributed by atoms with Gasteiger partial charge in [0.15, 0.2) is 5.78 Å². The molecule has 5 rings (SSSR count). The monoisotopic (exact) mass is 522 g/mol. The Morgan fingerprint density at radius 1 is 1.14 bits per heavy atom. The molecule has 0 spiro atoms. The fourth-order valence-electron chi connectivity index (χ4n) is 4.55. The number of carbonyl (C=O) groups excluding carboxylic acids is 1. The van der Waals surface area contributed by atoms with Crippen LogP contribution in [0.5, 0.6) is 23.0 Å². The first kappa shape index (κ1) is 24.8. The number of hydrogen-bond donors (Lipinski definition) is 3. The quantitative estimate of drug-likeness (QED) is 0.247. The van der Waals surface area contributed by atoms with E-state index < -0.39 is 6.04 Å². The minimum absolute atomic E-state index is 0.127. The Balaban J connectivity index is 1.59. The van der Waals surface area contributed by atoms with Crippen molar-refractivity contribution in [3.63, 3.8) is 0 Å². The van der Waals surface area contributed by atoms with Crippen molar-refractivity contribution in [2.75, 3.05) is 39.4 Å². The molecule has 3 aromatic carbocycles. The fraction of sp³-hybridized carbons (Fsp3) is 0.250. The maximum atomic E-state index is 14.2. The van der Waals surface area contributed by atoms with E-state index in [1.807, 2.05) is 12.1 Å². The van der Waals surface area contributed by atoms with Crippen molar-refractivity contribution in [2.24, 2.45) is 0 Å². The molecule has 9 heteroatoms. The lowest BCUT2D eigenvalue weighted by Gasteiger charge is -2.22. The van der Waals surface area contributed by atoms with Crippen LogP contribution in [-0.2, 0) is 6.42 Å². The van der Waals surface area contributed by atoms with Gasteiger partial charge in [-0.1, -0.05) is 17.7 Å². The standard InChI is InChI=1S/C28H27ClN2O6/c1-34-19-11-18(12-20(13-19)36-8-6-32)31-27(21-4-3-17(29)10-26(21)35-2)28(33)23-15-30-24-14-25-16(5-7-37-25)9-22(23)24/h3-4,9-15,27,30-32H,5-8H2,1-2H3. The van der Waals surface area contributed by atoms with Gasteiger partial charge in [-0.15, -0.1) is 0 Å². The lowest BCUT2D eigenvalue weighted by Crippen LogP contribution is -2.22. The Labute approximate surface area is 219 Å². The van der Waals surface area contributed by atoms with E-state index in [4.69, 9.17) is 35.7 Å².